The van der Waals surface area contributed by atoms with Crippen LogP contribution >= 0.6 is 0 Å². The Morgan fingerprint density at radius 3 is 2.37 bits per heavy atom. The fourth-order valence-electron chi connectivity index (χ4n) is 3.51. The van der Waals surface area contributed by atoms with Crippen LogP contribution in [0.1, 0.15) is 30.5 Å². The lowest BCUT2D eigenvalue weighted by atomic mass is 10.00. The summed E-state index contributed by atoms with van der Waals surface area (Å²) >= 11 is 0. The van der Waals surface area contributed by atoms with Crippen molar-refractivity contribution in [2.75, 3.05) is 13.1 Å². The molecule has 6 nitrogen and oxygen atoms in total. The second-order valence-electron chi connectivity index (χ2n) is 8.35. The number of hydrogen-bond acceptors (Lipinski definition) is 5. The highest BCUT2D eigenvalue weighted by Gasteiger charge is 2.24. The van der Waals surface area contributed by atoms with E-state index in [-0.39, 0.29) is 35.7 Å². The van der Waals surface area contributed by atoms with Crippen LogP contribution in [-0.4, -0.2) is 42.2 Å². The highest BCUT2D eigenvalue weighted by Crippen LogP contribution is 2.18. The monoisotopic (exact) mass is 412 g/mol. The Labute approximate surface area is 180 Å². The minimum Gasteiger partial charge on any atom is -0.508 e. The zero-order valence-electron chi connectivity index (χ0n) is 18.3. The first-order chi connectivity index (χ1) is 14.3. The van der Waals surface area contributed by atoms with Gasteiger partial charge in [-0.2, -0.15) is 0 Å². The van der Waals surface area contributed by atoms with Crippen molar-refractivity contribution >= 4 is 5.91 Å². The zero-order valence-corrected chi connectivity index (χ0v) is 18.3. The number of carbonyl (C=O) groups is 1. The molecular formula is C24H36N4O2. The second-order valence-corrected chi connectivity index (χ2v) is 8.35. The molecule has 0 aliphatic carbocycles. The van der Waals surface area contributed by atoms with Gasteiger partial charge < -0.3 is 27.2 Å². The topological polar surface area (TPSA) is 113 Å². The first-order valence-electron chi connectivity index (χ1n) is 10.6. The van der Waals surface area contributed by atoms with Gasteiger partial charge in [0.2, 0.25) is 5.91 Å². The lowest BCUT2D eigenvalue weighted by Crippen LogP contribution is -2.54. The molecular weight excluding hydrogens is 376 g/mol. The Balaban J connectivity index is 1.91. The Morgan fingerprint density at radius 2 is 1.77 bits per heavy atom. The number of phenols is 1. The lowest BCUT2D eigenvalue weighted by molar-refractivity contribution is -0.124. The lowest BCUT2D eigenvalue weighted by Gasteiger charge is -2.26. The third kappa shape index (κ3) is 7.44. The number of nitrogens with one attached hydrogen (secondary N) is 2. The molecule has 0 saturated carbocycles. The molecule has 7 N–H and O–H groups in total. The molecule has 30 heavy (non-hydrogen) atoms. The fraction of sp³-hybridized carbons (Fsp3) is 0.458. The van der Waals surface area contributed by atoms with E-state index in [1.807, 2.05) is 51.1 Å². The molecule has 0 radical (unpaired) electrons. The van der Waals surface area contributed by atoms with Gasteiger partial charge in [-0.15, -0.1) is 0 Å². The maximum Gasteiger partial charge on any atom is 0.237 e. The number of rotatable bonds is 11. The van der Waals surface area contributed by atoms with Crippen LogP contribution in [-0.2, 0) is 17.6 Å². The van der Waals surface area contributed by atoms with Crippen LogP contribution in [0, 0.1) is 12.8 Å². The Morgan fingerprint density at radius 1 is 1.07 bits per heavy atom. The standard InChI is InChI=1S/C24H36N4O2/c1-16(2)23(27-15-20(26)12-18-7-5-4-6-8-18)24(30)28-21(14-25)13-19-9-10-22(29)17(3)11-19/h4-11,16,20-21,23,27,29H,12-15,25-26H2,1-3H3,(H,28,30). The molecule has 0 aliphatic heterocycles. The molecule has 2 rings (SSSR count). The Bertz CT molecular complexity index is 795. The first kappa shape index (κ1) is 23.9. The van der Waals surface area contributed by atoms with E-state index in [9.17, 15) is 9.90 Å². The van der Waals surface area contributed by atoms with Crippen molar-refractivity contribution in [1.29, 1.82) is 0 Å². The van der Waals surface area contributed by atoms with E-state index in [1.54, 1.807) is 6.07 Å². The van der Waals surface area contributed by atoms with Gasteiger partial charge in [0, 0.05) is 25.2 Å². The molecule has 3 unspecified atom stereocenters. The molecule has 0 bridgehead atoms. The number of phenolic OH excluding ortho intramolecular Hbond substituents is 1. The van der Waals surface area contributed by atoms with E-state index >= 15 is 0 Å². The number of benzene rings is 2. The predicted molar refractivity (Wildman–Crippen MR) is 122 cm³/mol. The molecule has 0 heterocycles. The minimum atomic E-state index is -0.345. The van der Waals surface area contributed by atoms with Crippen molar-refractivity contribution in [1.82, 2.24) is 10.6 Å². The third-order valence-electron chi connectivity index (χ3n) is 5.26. The van der Waals surface area contributed by atoms with Crippen molar-refractivity contribution in [3.63, 3.8) is 0 Å². The quantitative estimate of drug-likeness (QED) is 0.387. The van der Waals surface area contributed by atoms with Gasteiger partial charge in [-0.25, -0.2) is 0 Å². The van der Waals surface area contributed by atoms with Crippen molar-refractivity contribution < 1.29 is 9.90 Å². The van der Waals surface area contributed by atoms with Crippen molar-refractivity contribution in [2.24, 2.45) is 17.4 Å². The Kier molecular flexibility index (Phi) is 9.30. The van der Waals surface area contributed by atoms with E-state index in [0.717, 1.165) is 17.5 Å². The van der Waals surface area contributed by atoms with Crippen LogP contribution in [0.3, 0.4) is 0 Å². The van der Waals surface area contributed by atoms with Crippen LogP contribution in [0.15, 0.2) is 48.5 Å². The van der Waals surface area contributed by atoms with E-state index in [0.29, 0.717) is 19.5 Å². The average molecular weight is 413 g/mol. The summed E-state index contributed by atoms with van der Waals surface area (Å²) in [6, 6.07) is 15.0. The van der Waals surface area contributed by atoms with E-state index < -0.39 is 0 Å². The minimum absolute atomic E-state index is 0.0668. The summed E-state index contributed by atoms with van der Waals surface area (Å²) in [4.78, 5) is 12.9. The van der Waals surface area contributed by atoms with Crippen LogP contribution in [0.5, 0.6) is 5.75 Å². The summed E-state index contributed by atoms with van der Waals surface area (Å²) in [7, 11) is 0. The zero-order chi connectivity index (χ0) is 22.1. The molecule has 6 heteroatoms. The predicted octanol–water partition coefficient (Wildman–Crippen LogP) is 1.87. The summed E-state index contributed by atoms with van der Waals surface area (Å²) in [6.45, 7) is 6.77. The van der Waals surface area contributed by atoms with Gasteiger partial charge in [0.15, 0.2) is 0 Å². The van der Waals surface area contributed by atoms with Crippen LogP contribution in [0.4, 0.5) is 0 Å². The molecule has 0 aliphatic rings. The number of aryl methyl sites for hydroxylation is 1. The van der Waals surface area contributed by atoms with Gasteiger partial charge in [-0.05, 0) is 48.4 Å². The van der Waals surface area contributed by atoms with Gasteiger partial charge in [0.1, 0.15) is 5.75 Å². The first-order valence-corrected chi connectivity index (χ1v) is 10.6. The molecule has 0 saturated heterocycles. The fourth-order valence-corrected chi connectivity index (χ4v) is 3.51. The number of hydrogen-bond donors (Lipinski definition) is 5. The molecule has 1 amide bonds. The highest BCUT2D eigenvalue weighted by molar-refractivity contribution is 5.82. The third-order valence-corrected chi connectivity index (χ3v) is 5.26. The van der Waals surface area contributed by atoms with E-state index in [4.69, 9.17) is 11.5 Å². The number of aromatic hydroxyl groups is 1. The molecule has 0 fully saturated rings. The molecule has 164 valence electrons. The summed E-state index contributed by atoms with van der Waals surface area (Å²) in [5.41, 5.74) is 15.2. The summed E-state index contributed by atoms with van der Waals surface area (Å²) in [5, 5.41) is 16.1. The maximum atomic E-state index is 12.9. The van der Waals surface area contributed by atoms with Gasteiger partial charge in [0.25, 0.3) is 0 Å². The number of amides is 1. The summed E-state index contributed by atoms with van der Waals surface area (Å²) in [5.74, 6) is 0.314. The average Bonchev–Trinajstić information content (AvgIpc) is 2.70. The van der Waals surface area contributed by atoms with Crippen LogP contribution < -0.4 is 22.1 Å². The second kappa shape index (κ2) is 11.7. The molecule has 3 atom stereocenters. The van der Waals surface area contributed by atoms with Gasteiger partial charge in [-0.3, -0.25) is 4.79 Å². The van der Waals surface area contributed by atoms with Gasteiger partial charge >= 0.3 is 0 Å². The van der Waals surface area contributed by atoms with Crippen molar-refractivity contribution in [2.45, 2.75) is 51.7 Å². The molecule has 2 aromatic carbocycles. The largest absolute Gasteiger partial charge is 0.508 e. The maximum absolute atomic E-state index is 12.9. The number of carbonyl (C=O) groups excluding carboxylic acids is 1. The van der Waals surface area contributed by atoms with Crippen LogP contribution in [0.25, 0.3) is 0 Å². The molecule has 0 aromatic heterocycles. The highest BCUT2D eigenvalue weighted by atomic mass is 16.3. The van der Waals surface area contributed by atoms with E-state index in [2.05, 4.69) is 22.8 Å². The van der Waals surface area contributed by atoms with Crippen molar-refractivity contribution in [3.8, 4) is 5.75 Å². The van der Waals surface area contributed by atoms with E-state index in [1.165, 1.54) is 5.56 Å². The smallest absolute Gasteiger partial charge is 0.237 e. The van der Waals surface area contributed by atoms with Crippen LogP contribution in [0.2, 0.25) is 0 Å². The molecule has 0 spiro atoms. The summed E-state index contributed by atoms with van der Waals surface area (Å²) < 4.78 is 0. The van der Waals surface area contributed by atoms with Gasteiger partial charge in [0.05, 0.1) is 6.04 Å². The normalized spacial score (nSPS) is 14.3. The Hall–Kier alpha value is -2.41. The van der Waals surface area contributed by atoms with Crippen molar-refractivity contribution in [3.05, 3.63) is 65.2 Å². The van der Waals surface area contributed by atoms with Gasteiger partial charge in [-0.1, -0.05) is 56.3 Å². The summed E-state index contributed by atoms with van der Waals surface area (Å²) in [6.07, 6.45) is 1.37. The SMILES string of the molecule is Cc1cc(CC(CN)NC(=O)C(NCC(N)Cc2ccccc2)C(C)C)ccc1O. The number of nitrogens with two attached hydrogens (primary N) is 2. The molecule has 2 aromatic rings.